The van der Waals surface area contributed by atoms with Crippen LogP contribution >= 0.6 is 11.6 Å². The molecule has 29 heavy (non-hydrogen) atoms. The number of hydrogen-bond donors (Lipinski definition) is 0. The summed E-state index contributed by atoms with van der Waals surface area (Å²) in [7, 11) is 3.98. The molecule has 3 rings (SSSR count). The number of carbonyl (C=O) groups excluding carboxylic acids is 2. The van der Waals surface area contributed by atoms with Gasteiger partial charge in [-0.15, -0.1) is 0 Å². The minimum atomic E-state index is -0.291. The van der Waals surface area contributed by atoms with E-state index in [1.807, 2.05) is 73.6 Å². The van der Waals surface area contributed by atoms with Crippen LogP contribution in [0.15, 0.2) is 54.6 Å². The van der Waals surface area contributed by atoms with E-state index in [4.69, 9.17) is 11.6 Å². The minimum absolute atomic E-state index is 0.0470. The largest absolute Gasteiger partial charge is 0.338 e. The third-order valence-corrected chi connectivity index (χ3v) is 5.45. The molecule has 0 spiro atoms. The van der Waals surface area contributed by atoms with Crippen molar-refractivity contribution in [3.05, 3.63) is 70.7 Å². The van der Waals surface area contributed by atoms with Crippen LogP contribution in [0.25, 0.3) is 0 Å². The third-order valence-electron chi connectivity index (χ3n) is 5.20. The smallest absolute Gasteiger partial charge is 0.228 e. The Morgan fingerprint density at radius 1 is 1.03 bits per heavy atom. The van der Waals surface area contributed by atoms with Crippen LogP contribution in [-0.4, -0.2) is 60.2 Å². The van der Waals surface area contributed by atoms with Gasteiger partial charge in [0.05, 0.1) is 5.92 Å². The van der Waals surface area contributed by atoms with E-state index in [1.54, 1.807) is 4.90 Å². The van der Waals surface area contributed by atoms with Crippen LogP contribution in [0.1, 0.15) is 17.5 Å². The fraction of sp³-hybridized carbons (Fsp3) is 0.391. The molecule has 0 aliphatic carbocycles. The molecule has 0 N–H and O–H groups in total. The lowest BCUT2D eigenvalue weighted by atomic mass is 10.1. The molecule has 2 amide bonds. The summed E-state index contributed by atoms with van der Waals surface area (Å²) >= 11 is 5.99. The topological polar surface area (TPSA) is 43.9 Å². The Bertz CT molecular complexity index is 824. The van der Waals surface area contributed by atoms with Gasteiger partial charge >= 0.3 is 0 Å². The molecule has 2 aromatic carbocycles. The van der Waals surface area contributed by atoms with Gasteiger partial charge in [0.15, 0.2) is 0 Å². The van der Waals surface area contributed by atoms with Crippen molar-refractivity contribution in [1.29, 1.82) is 0 Å². The van der Waals surface area contributed by atoms with Crippen molar-refractivity contribution in [2.45, 2.75) is 19.5 Å². The van der Waals surface area contributed by atoms with E-state index in [0.29, 0.717) is 31.2 Å². The number of rotatable bonds is 8. The molecule has 1 aliphatic rings. The Labute approximate surface area is 177 Å². The van der Waals surface area contributed by atoms with Gasteiger partial charge in [-0.2, -0.15) is 0 Å². The second-order valence-electron chi connectivity index (χ2n) is 7.85. The maximum Gasteiger partial charge on any atom is 0.228 e. The molecular weight excluding hydrogens is 386 g/mol. The summed E-state index contributed by atoms with van der Waals surface area (Å²) in [6.07, 6.45) is 0.282. The first-order valence-electron chi connectivity index (χ1n) is 9.92. The number of hydrogen-bond acceptors (Lipinski definition) is 3. The molecular formula is C23H28ClN3O2. The molecule has 1 atom stereocenters. The fourth-order valence-corrected chi connectivity index (χ4v) is 3.68. The Morgan fingerprint density at radius 2 is 1.72 bits per heavy atom. The highest BCUT2D eigenvalue weighted by Crippen LogP contribution is 2.23. The average Bonchev–Trinajstić information content (AvgIpc) is 3.07. The highest BCUT2D eigenvalue weighted by molar-refractivity contribution is 6.30. The first-order valence-corrected chi connectivity index (χ1v) is 10.3. The van der Waals surface area contributed by atoms with Gasteiger partial charge in [0.1, 0.15) is 0 Å². The lowest BCUT2D eigenvalue weighted by Crippen LogP contribution is -2.40. The molecule has 1 fully saturated rings. The molecule has 1 heterocycles. The molecule has 1 saturated heterocycles. The summed E-state index contributed by atoms with van der Waals surface area (Å²) in [5, 5.41) is 0.679. The number of likely N-dealkylation sites (tertiary alicyclic amines) is 1. The van der Waals surface area contributed by atoms with Gasteiger partial charge in [0.25, 0.3) is 0 Å². The van der Waals surface area contributed by atoms with Gasteiger partial charge in [-0.05, 0) is 37.4 Å². The molecule has 0 saturated carbocycles. The summed E-state index contributed by atoms with van der Waals surface area (Å²) in [5.74, 6) is -0.197. The first-order chi connectivity index (χ1) is 13.9. The van der Waals surface area contributed by atoms with Crippen LogP contribution in [0, 0.1) is 5.92 Å². The van der Waals surface area contributed by atoms with Crippen LogP contribution in [-0.2, 0) is 22.7 Å². The number of benzene rings is 2. The molecule has 0 aromatic heterocycles. The van der Waals surface area contributed by atoms with Crippen LogP contribution in [0.5, 0.6) is 0 Å². The summed E-state index contributed by atoms with van der Waals surface area (Å²) in [5.41, 5.74) is 2.12. The van der Waals surface area contributed by atoms with Crippen LogP contribution < -0.4 is 0 Å². The molecule has 0 radical (unpaired) electrons. The number of amides is 2. The zero-order valence-electron chi connectivity index (χ0n) is 17.1. The van der Waals surface area contributed by atoms with Crippen molar-refractivity contribution in [1.82, 2.24) is 14.7 Å². The average molecular weight is 414 g/mol. The summed E-state index contributed by atoms with van der Waals surface area (Å²) in [6.45, 7) is 2.95. The number of likely N-dealkylation sites (N-methyl/N-ethyl adjacent to an activating group) is 1. The SMILES string of the molecule is CN(C)CCN(Cc1ccc(Cl)cc1)C(=O)C1CC(=O)N(Cc2ccccc2)C1. The highest BCUT2D eigenvalue weighted by atomic mass is 35.5. The second-order valence-corrected chi connectivity index (χ2v) is 8.29. The molecule has 0 bridgehead atoms. The van der Waals surface area contributed by atoms with E-state index in [9.17, 15) is 9.59 Å². The van der Waals surface area contributed by atoms with Crippen molar-refractivity contribution >= 4 is 23.4 Å². The van der Waals surface area contributed by atoms with Crippen LogP contribution in [0.2, 0.25) is 5.02 Å². The lowest BCUT2D eigenvalue weighted by Gasteiger charge is -2.27. The normalized spacial score (nSPS) is 16.5. The van der Waals surface area contributed by atoms with E-state index in [2.05, 4.69) is 4.90 Å². The monoisotopic (exact) mass is 413 g/mol. The molecule has 1 unspecified atom stereocenters. The van der Waals surface area contributed by atoms with E-state index in [-0.39, 0.29) is 24.2 Å². The van der Waals surface area contributed by atoms with Crippen molar-refractivity contribution in [2.75, 3.05) is 33.7 Å². The van der Waals surface area contributed by atoms with Gasteiger partial charge in [-0.3, -0.25) is 9.59 Å². The molecule has 2 aromatic rings. The van der Waals surface area contributed by atoms with Gasteiger partial charge in [0, 0.05) is 44.2 Å². The van der Waals surface area contributed by atoms with E-state index >= 15 is 0 Å². The maximum absolute atomic E-state index is 13.3. The molecule has 5 nitrogen and oxygen atoms in total. The number of nitrogens with zero attached hydrogens (tertiary/aromatic N) is 3. The predicted octanol–water partition coefficient (Wildman–Crippen LogP) is 3.28. The maximum atomic E-state index is 13.3. The highest BCUT2D eigenvalue weighted by Gasteiger charge is 2.36. The summed E-state index contributed by atoms with van der Waals surface area (Å²) in [6, 6.07) is 17.5. The van der Waals surface area contributed by atoms with Gasteiger partial charge in [-0.1, -0.05) is 54.1 Å². The Kier molecular flexibility index (Phi) is 7.29. The van der Waals surface area contributed by atoms with E-state index in [1.165, 1.54) is 0 Å². The third kappa shape index (κ3) is 6.05. The molecule has 1 aliphatic heterocycles. The van der Waals surface area contributed by atoms with Gasteiger partial charge in [-0.25, -0.2) is 0 Å². The Balaban J connectivity index is 1.67. The fourth-order valence-electron chi connectivity index (χ4n) is 3.55. The minimum Gasteiger partial charge on any atom is -0.338 e. The number of carbonyl (C=O) groups is 2. The quantitative estimate of drug-likeness (QED) is 0.667. The van der Waals surface area contributed by atoms with Crippen molar-refractivity contribution < 1.29 is 9.59 Å². The Hall–Kier alpha value is -2.37. The molecule has 154 valence electrons. The van der Waals surface area contributed by atoms with Gasteiger partial charge < -0.3 is 14.7 Å². The van der Waals surface area contributed by atoms with Crippen LogP contribution in [0.4, 0.5) is 0 Å². The van der Waals surface area contributed by atoms with Crippen molar-refractivity contribution in [3.63, 3.8) is 0 Å². The first kappa shape index (κ1) is 21.3. The Morgan fingerprint density at radius 3 is 2.38 bits per heavy atom. The zero-order chi connectivity index (χ0) is 20.8. The van der Waals surface area contributed by atoms with Gasteiger partial charge in [0.2, 0.25) is 11.8 Å². The van der Waals surface area contributed by atoms with Crippen LogP contribution in [0.3, 0.4) is 0 Å². The standard InChI is InChI=1S/C23H28ClN3O2/c1-25(2)12-13-26(15-19-8-10-21(24)11-9-19)23(29)20-14-22(28)27(17-20)16-18-6-4-3-5-7-18/h3-11,20H,12-17H2,1-2H3. The second kappa shape index (κ2) is 9.90. The number of halogens is 1. The summed E-state index contributed by atoms with van der Waals surface area (Å²) < 4.78 is 0. The zero-order valence-corrected chi connectivity index (χ0v) is 17.8. The summed E-state index contributed by atoms with van der Waals surface area (Å²) in [4.78, 5) is 31.5. The predicted molar refractivity (Wildman–Crippen MR) is 115 cm³/mol. The molecule has 6 heteroatoms. The van der Waals surface area contributed by atoms with E-state index < -0.39 is 0 Å². The lowest BCUT2D eigenvalue weighted by molar-refractivity contribution is -0.136. The van der Waals surface area contributed by atoms with Crippen molar-refractivity contribution in [2.24, 2.45) is 5.92 Å². The van der Waals surface area contributed by atoms with Crippen molar-refractivity contribution in [3.8, 4) is 0 Å². The van der Waals surface area contributed by atoms with E-state index in [0.717, 1.165) is 17.7 Å².